The van der Waals surface area contributed by atoms with E-state index in [1.807, 2.05) is 4.90 Å². The Morgan fingerprint density at radius 1 is 1.20 bits per heavy atom. The minimum absolute atomic E-state index is 0.0165. The Balaban J connectivity index is 1.68. The van der Waals surface area contributed by atoms with Crippen molar-refractivity contribution in [2.24, 2.45) is 0 Å². The van der Waals surface area contributed by atoms with Crippen molar-refractivity contribution in [2.45, 2.75) is 6.92 Å². The Labute approximate surface area is 152 Å². The van der Waals surface area contributed by atoms with Crippen LogP contribution in [0.4, 0.5) is 11.5 Å². The van der Waals surface area contributed by atoms with Crippen LogP contribution in [-0.2, 0) is 0 Å². The summed E-state index contributed by atoms with van der Waals surface area (Å²) in [5.74, 6) is 0.670. The van der Waals surface area contributed by atoms with Gasteiger partial charge in [-0.25, -0.2) is 4.98 Å². The summed E-state index contributed by atoms with van der Waals surface area (Å²) in [6.45, 7) is 4.17. The zero-order valence-corrected chi connectivity index (χ0v) is 15.1. The van der Waals surface area contributed by atoms with Gasteiger partial charge in [0.05, 0.1) is 10.5 Å². The molecule has 1 fully saturated rings. The smallest absolute Gasteiger partial charge is 0.287 e. The largest absolute Gasteiger partial charge is 0.353 e. The summed E-state index contributed by atoms with van der Waals surface area (Å²) in [4.78, 5) is 35.0. The molecule has 3 rings (SSSR count). The fraction of sp³-hybridized carbons (Fsp3) is 0.312. The molecular weight excluding hydrogens is 390 g/mol. The molecule has 0 saturated carbocycles. The summed E-state index contributed by atoms with van der Waals surface area (Å²) >= 11 is 3.32. The number of rotatable bonds is 3. The molecule has 0 spiro atoms. The molecule has 1 amide bonds. The van der Waals surface area contributed by atoms with E-state index in [9.17, 15) is 14.9 Å². The summed E-state index contributed by atoms with van der Waals surface area (Å²) in [6.07, 6.45) is 4.46. The van der Waals surface area contributed by atoms with Crippen molar-refractivity contribution in [1.82, 2.24) is 14.9 Å². The third-order valence-electron chi connectivity index (χ3n) is 4.07. The van der Waals surface area contributed by atoms with Crippen molar-refractivity contribution in [3.8, 4) is 0 Å². The van der Waals surface area contributed by atoms with Gasteiger partial charge >= 0.3 is 0 Å². The van der Waals surface area contributed by atoms with Crippen LogP contribution >= 0.6 is 15.9 Å². The lowest BCUT2D eigenvalue weighted by Crippen LogP contribution is -2.49. The maximum absolute atomic E-state index is 12.5. The number of carbonyl (C=O) groups excluding carboxylic acids is 1. The first kappa shape index (κ1) is 17.3. The van der Waals surface area contributed by atoms with Crippen LogP contribution in [0.2, 0.25) is 0 Å². The fourth-order valence-electron chi connectivity index (χ4n) is 2.82. The van der Waals surface area contributed by atoms with Crippen LogP contribution in [0.15, 0.2) is 35.2 Å². The Bertz CT molecular complexity index is 821. The Kier molecular flexibility index (Phi) is 4.93. The first-order chi connectivity index (χ1) is 12.0. The van der Waals surface area contributed by atoms with Gasteiger partial charge in [0.15, 0.2) is 0 Å². The highest BCUT2D eigenvalue weighted by Crippen LogP contribution is 2.23. The molecule has 0 atom stereocenters. The molecule has 0 radical (unpaired) electrons. The second kappa shape index (κ2) is 7.14. The number of anilines is 1. The molecule has 0 unspecified atom stereocenters. The topological polar surface area (TPSA) is 92.5 Å². The Morgan fingerprint density at radius 2 is 1.92 bits per heavy atom. The van der Waals surface area contributed by atoms with E-state index >= 15 is 0 Å². The molecular formula is C16H16BrN5O3. The number of piperazine rings is 1. The van der Waals surface area contributed by atoms with Crippen LogP contribution in [0.25, 0.3) is 0 Å². The molecule has 0 aromatic carbocycles. The Hall–Kier alpha value is -2.55. The highest BCUT2D eigenvalue weighted by atomic mass is 79.9. The average molecular weight is 406 g/mol. The van der Waals surface area contributed by atoms with Crippen molar-refractivity contribution in [1.29, 1.82) is 0 Å². The van der Waals surface area contributed by atoms with E-state index in [0.29, 0.717) is 31.7 Å². The molecule has 25 heavy (non-hydrogen) atoms. The standard InChI is InChI=1S/C16H16BrN5O3/c1-11-6-14(22(24)25)10-19-15(11)20-2-4-21(5-3-20)16(23)12-7-13(17)9-18-8-12/h6-10H,2-5H2,1H3. The third-order valence-corrected chi connectivity index (χ3v) is 4.50. The van der Waals surface area contributed by atoms with Crippen LogP contribution in [0.5, 0.6) is 0 Å². The second-order valence-corrected chi connectivity index (χ2v) is 6.68. The lowest BCUT2D eigenvalue weighted by Gasteiger charge is -2.36. The average Bonchev–Trinajstić information content (AvgIpc) is 2.61. The molecule has 9 heteroatoms. The predicted molar refractivity (Wildman–Crippen MR) is 95.7 cm³/mol. The van der Waals surface area contributed by atoms with Gasteiger partial charge in [-0.3, -0.25) is 19.9 Å². The molecule has 3 heterocycles. The van der Waals surface area contributed by atoms with Crippen molar-refractivity contribution < 1.29 is 9.72 Å². The number of carbonyl (C=O) groups is 1. The van der Waals surface area contributed by atoms with Gasteiger partial charge in [-0.2, -0.15) is 0 Å². The zero-order chi connectivity index (χ0) is 18.0. The highest BCUT2D eigenvalue weighted by molar-refractivity contribution is 9.10. The van der Waals surface area contributed by atoms with Gasteiger partial charge in [-0.15, -0.1) is 0 Å². The van der Waals surface area contributed by atoms with Gasteiger partial charge in [0.1, 0.15) is 12.0 Å². The number of nitro groups is 1. The van der Waals surface area contributed by atoms with Gasteiger partial charge in [0, 0.05) is 49.1 Å². The number of pyridine rings is 2. The van der Waals surface area contributed by atoms with E-state index in [1.165, 1.54) is 12.3 Å². The number of halogens is 1. The van der Waals surface area contributed by atoms with Gasteiger partial charge in [-0.05, 0) is 34.5 Å². The number of hydrogen-bond donors (Lipinski definition) is 0. The maximum atomic E-state index is 12.5. The SMILES string of the molecule is Cc1cc([N+](=O)[O-])cnc1N1CCN(C(=O)c2cncc(Br)c2)CC1. The minimum atomic E-state index is -0.452. The summed E-state index contributed by atoms with van der Waals surface area (Å²) in [6, 6.07) is 3.27. The molecule has 0 N–H and O–H groups in total. The van der Waals surface area contributed by atoms with E-state index in [1.54, 1.807) is 30.3 Å². The normalized spacial score (nSPS) is 14.5. The highest BCUT2D eigenvalue weighted by Gasteiger charge is 2.24. The first-order valence-electron chi connectivity index (χ1n) is 7.71. The number of aromatic nitrogens is 2. The fourth-order valence-corrected chi connectivity index (χ4v) is 3.18. The third kappa shape index (κ3) is 3.76. The molecule has 8 nitrogen and oxygen atoms in total. The number of hydrogen-bond acceptors (Lipinski definition) is 6. The quantitative estimate of drug-likeness (QED) is 0.574. The predicted octanol–water partition coefficient (Wildman–Crippen LogP) is 2.42. The van der Waals surface area contributed by atoms with Crippen LogP contribution < -0.4 is 4.90 Å². The zero-order valence-electron chi connectivity index (χ0n) is 13.6. The van der Waals surface area contributed by atoms with E-state index < -0.39 is 4.92 Å². The summed E-state index contributed by atoms with van der Waals surface area (Å²) in [5.41, 5.74) is 1.29. The van der Waals surface area contributed by atoms with Gasteiger partial charge in [0.25, 0.3) is 11.6 Å². The van der Waals surface area contributed by atoms with E-state index in [4.69, 9.17) is 0 Å². The lowest BCUT2D eigenvalue weighted by atomic mass is 10.2. The van der Waals surface area contributed by atoms with Crippen LogP contribution in [-0.4, -0.2) is 51.9 Å². The molecule has 130 valence electrons. The molecule has 0 aliphatic carbocycles. The minimum Gasteiger partial charge on any atom is -0.353 e. The van der Waals surface area contributed by atoms with E-state index in [2.05, 4.69) is 25.9 Å². The van der Waals surface area contributed by atoms with Gasteiger partial charge < -0.3 is 9.80 Å². The van der Waals surface area contributed by atoms with Gasteiger partial charge in [-0.1, -0.05) is 0 Å². The summed E-state index contributed by atoms with van der Waals surface area (Å²) in [5, 5.41) is 10.8. The van der Waals surface area contributed by atoms with Crippen LogP contribution in [0.1, 0.15) is 15.9 Å². The maximum Gasteiger partial charge on any atom is 0.287 e. The van der Waals surface area contributed by atoms with Crippen molar-refractivity contribution in [3.63, 3.8) is 0 Å². The van der Waals surface area contributed by atoms with Crippen molar-refractivity contribution >= 4 is 33.3 Å². The molecule has 0 bridgehead atoms. The number of aryl methyl sites for hydroxylation is 1. The first-order valence-corrected chi connectivity index (χ1v) is 8.51. The number of nitrogens with zero attached hydrogens (tertiary/aromatic N) is 5. The molecule has 2 aromatic heterocycles. The monoisotopic (exact) mass is 405 g/mol. The summed E-state index contributed by atoms with van der Waals surface area (Å²) < 4.78 is 0.766. The van der Waals surface area contributed by atoms with Crippen molar-refractivity contribution in [2.75, 3.05) is 31.1 Å². The second-order valence-electron chi connectivity index (χ2n) is 5.76. The molecule has 2 aromatic rings. The molecule has 1 aliphatic heterocycles. The van der Waals surface area contributed by atoms with E-state index in [0.717, 1.165) is 15.9 Å². The van der Waals surface area contributed by atoms with Gasteiger partial charge in [0.2, 0.25) is 0 Å². The molecule has 1 aliphatic rings. The Morgan fingerprint density at radius 3 is 2.52 bits per heavy atom. The van der Waals surface area contributed by atoms with Crippen molar-refractivity contribution in [3.05, 3.63) is 56.4 Å². The summed E-state index contributed by atoms with van der Waals surface area (Å²) in [7, 11) is 0. The number of amides is 1. The van der Waals surface area contributed by atoms with E-state index in [-0.39, 0.29) is 11.6 Å². The van der Waals surface area contributed by atoms with Crippen LogP contribution in [0, 0.1) is 17.0 Å². The molecule has 1 saturated heterocycles. The van der Waals surface area contributed by atoms with Crippen LogP contribution in [0.3, 0.4) is 0 Å². The lowest BCUT2D eigenvalue weighted by molar-refractivity contribution is -0.385.